The number of hydrogen-bond donors (Lipinski definition) is 1. The summed E-state index contributed by atoms with van der Waals surface area (Å²) in [6.07, 6.45) is -4.61. The Kier molecular flexibility index (Phi) is 11.2. The predicted octanol–water partition coefficient (Wildman–Crippen LogP) is 7.12. The second-order valence-corrected chi connectivity index (χ2v) is 12.8. The first kappa shape index (κ1) is 34.6. The van der Waals surface area contributed by atoms with Gasteiger partial charge in [0.05, 0.1) is 23.5 Å². The molecule has 0 saturated carbocycles. The molecule has 12 heteroatoms. The number of carboxylic acids is 1. The summed E-state index contributed by atoms with van der Waals surface area (Å²) < 4.78 is 100. The first-order chi connectivity index (χ1) is 21.7. The molecule has 0 radical (unpaired) electrons. The van der Waals surface area contributed by atoms with Crippen LogP contribution in [-0.2, 0) is 33.8 Å². The summed E-state index contributed by atoms with van der Waals surface area (Å²) in [5, 5.41) is 9.09. The zero-order valence-corrected chi connectivity index (χ0v) is 25.6. The van der Waals surface area contributed by atoms with E-state index in [2.05, 4.69) is 0 Å². The first-order valence-electron chi connectivity index (χ1n) is 14.3. The van der Waals surface area contributed by atoms with Gasteiger partial charge in [0.25, 0.3) is 0 Å². The summed E-state index contributed by atoms with van der Waals surface area (Å²) in [6.45, 7) is 0.331. The van der Waals surface area contributed by atoms with Gasteiger partial charge in [-0.05, 0) is 29.7 Å². The third-order valence-electron chi connectivity index (χ3n) is 7.37. The summed E-state index contributed by atoms with van der Waals surface area (Å²) in [4.78, 5) is 12.5. The Labute approximate surface area is 264 Å². The standard InChI is InChI=1S/C34H32F5NO5S/c1-46(43,44)31-19-26(18-30(35)27(31)20-32(41)42)45-17-9-16-40(21-25-14-8-15-29(33(25)36)34(37,38)39)22-28(23-10-4-2-5-11-23)24-12-6-3-7-13-24/h2-8,10-15,18-19,28H,9,16-17,20-22H2,1H3,(H,41,42). The second-order valence-electron chi connectivity index (χ2n) is 10.8. The van der Waals surface area contributed by atoms with Crippen LogP contribution in [0.25, 0.3) is 0 Å². The molecule has 0 aliphatic rings. The van der Waals surface area contributed by atoms with E-state index in [1.165, 1.54) is 6.07 Å². The lowest BCUT2D eigenvalue weighted by atomic mass is 9.90. The molecule has 0 aliphatic heterocycles. The Bertz CT molecular complexity index is 1710. The largest absolute Gasteiger partial charge is 0.493 e. The summed E-state index contributed by atoms with van der Waals surface area (Å²) in [5.74, 6) is -4.15. The number of hydrogen-bond acceptors (Lipinski definition) is 5. The number of carbonyl (C=O) groups is 1. The quantitative estimate of drug-likeness (QED) is 0.115. The van der Waals surface area contributed by atoms with Crippen molar-refractivity contribution in [3.63, 3.8) is 0 Å². The van der Waals surface area contributed by atoms with Crippen molar-refractivity contribution in [2.24, 2.45) is 0 Å². The number of rotatable bonds is 14. The number of carboxylic acid groups (broad SMARTS) is 1. The number of ether oxygens (including phenoxy) is 1. The molecule has 4 aromatic carbocycles. The van der Waals surface area contributed by atoms with Crippen molar-refractivity contribution < 1.29 is 45.0 Å². The lowest BCUT2D eigenvalue weighted by Gasteiger charge is -2.29. The number of aliphatic carboxylic acids is 1. The molecule has 0 fully saturated rings. The summed E-state index contributed by atoms with van der Waals surface area (Å²) in [5.41, 5.74) is -0.0746. The predicted molar refractivity (Wildman–Crippen MR) is 162 cm³/mol. The van der Waals surface area contributed by atoms with Crippen molar-refractivity contribution in [1.82, 2.24) is 4.90 Å². The van der Waals surface area contributed by atoms with E-state index in [1.54, 1.807) is 0 Å². The minimum absolute atomic E-state index is 0.0518. The Hall–Kier alpha value is -4.29. The highest BCUT2D eigenvalue weighted by molar-refractivity contribution is 7.90. The first-order valence-corrected chi connectivity index (χ1v) is 16.2. The van der Waals surface area contributed by atoms with E-state index in [1.807, 2.05) is 65.6 Å². The minimum Gasteiger partial charge on any atom is -0.493 e. The number of sulfone groups is 1. The van der Waals surface area contributed by atoms with Crippen LogP contribution in [0.1, 0.15) is 40.2 Å². The molecule has 0 aromatic heterocycles. The van der Waals surface area contributed by atoms with Gasteiger partial charge in [0.2, 0.25) is 0 Å². The summed E-state index contributed by atoms with van der Waals surface area (Å²) in [6, 6.07) is 24.1. The topological polar surface area (TPSA) is 83.9 Å². The molecule has 0 aliphatic carbocycles. The van der Waals surface area contributed by atoms with Crippen LogP contribution < -0.4 is 4.74 Å². The third kappa shape index (κ3) is 9.13. The van der Waals surface area contributed by atoms with Gasteiger partial charge in [0.15, 0.2) is 9.84 Å². The van der Waals surface area contributed by atoms with Gasteiger partial charge in [-0.1, -0.05) is 72.8 Å². The molecule has 6 nitrogen and oxygen atoms in total. The normalized spacial score (nSPS) is 12.1. The highest BCUT2D eigenvalue weighted by Gasteiger charge is 2.35. The maximum atomic E-state index is 15.1. The van der Waals surface area contributed by atoms with E-state index in [9.17, 15) is 30.8 Å². The average molecular weight is 662 g/mol. The maximum Gasteiger partial charge on any atom is 0.419 e. The number of halogens is 5. The molecular formula is C34H32F5NO5S. The highest BCUT2D eigenvalue weighted by Crippen LogP contribution is 2.33. The van der Waals surface area contributed by atoms with E-state index in [-0.39, 0.29) is 43.3 Å². The third-order valence-corrected chi connectivity index (χ3v) is 8.53. The highest BCUT2D eigenvalue weighted by atomic mass is 32.2. The van der Waals surface area contributed by atoms with Crippen LogP contribution in [0.3, 0.4) is 0 Å². The van der Waals surface area contributed by atoms with E-state index >= 15 is 4.39 Å². The van der Waals surface area contributed by atoms with Crippen molar-refractivity contribution in [3.8, 4) is 5.75 Å². The molecule has 244 valence electrons. The molecule has 4 rings (SSSR count). The zero-order chi connectivity index (χ0) is 33.5. The molecule has 0 unspecified atom stereocenters. The second kappa shape index (κ2) is 14.9. The Balaban J connectivity index is 1.59. The smallest absolute Gasteiger partial charge is 0.419 e. The van der Waals surface area contributed by atoms with Crippen molar-refractivity contribution in [2.45, 2.75) is 36.4 Å². The molecule has 0 heterocycles. The van der Waals surface area contributed by atoms with Crippen LogP contribution in [0.15, 0.2) is 95.9 Å². The molecule has 0 spiro atoms. The Morgan fingerprint density at radius 1 is 0.913 bits per heavy atom. The van der Waals surface area contributed by atoms with Gasteiger partial charge in [-0.25, -0.2) is 17.2 Å². The molecular weight excluding hydrogens is 629 g/mol. The lowest BCUT2D eigenvalue weighted by molar-refractivity contribution is -0.140. The van der Waals surface area contributed by atoms with Gasteiger partial charge >= 0.3 is 12.1 Å². The lowest BCUT2D eigenvalue weighted by Crippen LogP contribution is -2.31. The fraction of sp³-hybridized carbons (Fsp3) is 0.265. The van der Waals surface area contributed by atoms with Crippen LogP contribution in [0.4, 0.5) is 22.0 Å². The van der Waals surface area contributed by atoms with Gasteiger partial charge in [0.1, 0.15) is 17.4 Å². The SMILES string of the molecule is CS(=O)(=O)c1cc(OCCCN(Cc2cccc(C(F)(F)F)c2F)CC(c2ccccc2)c2ccccc2)cc(F)c1CC(=O)O. The van der Waals surface area contributed by atoms with Gasteiger partial charge in [-0.15, -0.1) is 0 Å². The Morgan fingerprint density at radius 2 is 1.52 bits per heavy atom. The van der Waals surface area contributed by atoms with Crippen molar-refractivity contribution in [1.29, 1.82) is 0 Å². The van der Waals surface area contributed by atoms with Crippen molar-refractivity contribution >= 4 is 15.8 Å². The van der Waals surface area contributed by atoms with E-state index in [4.69, 9.17) is 9.84 Å². The minimum atomic E-state index is -4.87. The fourth-order valence-electron chi connectivity index (χ4n) is 5.23. The molecule has 0 atom stereocenters. The van der Waals surface area contributed by atoms with Crippen LogP contribution in [0, 0.1) is 11.6 Å². The van der Waals surface area contributed by atoms with Crippen molar-refractivity contribution in [3.05, 3.63) is 130 Å². The van der Waals surface area contributed by atoms with Gasteiger partial charge in [-0.3, -0.25) is 9.69 Å². The van der Waals surface area contributed by atoms with Crippen LogP contribution in [0.2, 0.25) is 0 Å². The fourth-order valence-corrected chi connectivity index (χ4v) is 6.18. The average Bonchev–Trinajstić information content (AvgIpc) is 2.99. The molecule has 1 N–H and O–H groups in total. The number of benzene rings is 4. The van der Waals surface area contributed by atoms with Gasteiger partial charge in [-0.2, -0.15) is 13.2 Å². The van der Waals surface area contributed by atoms with E-state index in [0.717, 1.165) is 35.6 Å². The molecule has 4 aromatic rings. The van der Waals surface area contributed by atoms with Crippen LogP contribution >= 0.6 is 0 Å². The molecule has 0 amide bonds. The number of alkyl halides is 3. The monoisotopic (exact) mass is 661 g/mol. The van der Waals surface area contributed by atoms with Gasteiger partial charge in [0, 0.05) is 49.0 Å². The van der Waals surface area contributed by atoms with Gasteiger partial charge < -0.3 is 9.84 Å². The van der Waals surface area contributed by atoms with Crippen molar-refractivity contribution in [2.75, 3.05) is 26.0 Å². The number of nitrogens with zero attached hydrogens (tertiary/aromatic N) is 1. The summed E-state index contributed by atoms with van der Waals surface area (Å²) in [7, 11) is -3.99. The molecule has 0 bridgehead atoms. The summed E-state index contributed by atoms with van der Waals surface area (Å²) >= 11 is 0. The molecule has 46 heavy (non-hydrogen) atoms. The van der Waals surface area contributed by atoms with E-state index < -0.39 is 56.1 Å². The van der Waals surface area contributed by atoms with E-state index in [0.29, 0.717) is 12.6 Å². The molecule has 0 saturated heterocycles. The maximum absolute atomic E-state index is 15.1. The Morgan fingerprint density at radius 3 is 2.07 bits per heavy atom. The van der Waals surface area contributed by atoms with Crippen LogP contribution in [-0.4, -0.2) is 50.3 Å². The van der Waals surface area contributed by atoms with Crippen LogP contribution in [0.5, 0.6) is 5.75 Å². The zero-order valence-electron chi connectivity index (χ0n) is 24.8.